The average Bonchev–Trinajstić information content (AvgIpc) is 2.56. The summed E-state index contributed by atoms with van der Waals surface area (Å²) in [6, 6.07) is -1.09. The maximum atomic E-state index is 12.5. The molecule has 0 amide bonds. The van der Waals surface area contributed by atoms with Crippen LogP contribution in [0, 0.1) is 17.3 Å². The normalized spacial score (nSPS) is 17.3. The second-order valence-electron chi connectivity index (χ2n) is 7.36. The van der Waals surface area contributed by atoms with Gasteiger partial charge in [0.1, 0.15) is 6.04 Å². The van der Waals surface area contributed by atoms with E-state index >= 15 is 0 Å². The molecule has 0 bridgehead atoms. The Kier molecular flexibility index (Phi) is 9.24. The van der Waals surface area contributed by atoms with Gasteiger partial charge in [0, 0.05) is 12.8 Å². The smallest absolute Gasteiger partial charge is 0.383 e. The average molecular weight is 389 g/mol. The largest absolute Gasteiger partial charge is 0.481 e. The number of carbonyl (C=O) groups is 4. The number of nitrogens with two attached hydrogens (primary N) is 1. The van der Waals surface area contributed by atoms with Crippen molar-refractivity contribution in [3.05, 3.63) is 0 Å². The predicted octanol–water partition coefficient (Wildman–Crippen LogP) is 0.597. The van der Waals surface area contributed by atoms with Crippen LogP contribution in [0.4, 0.5) is 0 Å². The summed E-state index contributed by atoms with van der Waals surface area (Å²) in [5.41, 5.74) is 3.68. The van der Waals surface area contributed by atoms with E-state index < -0.39 is 53.3 Å². The molecule has 0 aliphatic rings. The van der Waals surface area contributed by atoms with Crippen molar-refractivity contribution in [3.63, 3.8) is 0 Å². The predicted molar refractivity (Wildman–Crippen MR) is 95.1 cm³/mol. The van der Waals surface area contributed by atoms with Crippen molar-refractivity contribution in [2.45, 2.75) is 72.1 Å². The standard InChI is InChI=1S/C18H31NO8/c1-6-11(4)13(19)15(23)27-16(24)14(22)17(5,7-2)18(25,26)9-10(3)8-12(20)21/h10-11,13,25-26H,6-9,19H2,1-5H3,(H,20,21)/t10?,11-,13-,17?/m0/s1. The van der Waals surface area contributed by atoms with E-state index in [0.717, 1.165) is 6.92 Å². The molecule has 0 aliphatic carbocycles. The van der Waals surface area contributed by atoms with Gasteiger partial charge in [-0.05, 0) is 25.2 Å². The molecule has 9 nitrogen and oxygen atoms in total. The molecule has 0 rings (SSSR count). The third kappa shape index (κ3) is 6.37. The van der Waals surface area contributed by atoms with Crippen molar-refractivity contribution in [1.29, 1.82) is 0 Å². The lowest BCUT2D eigenvalue weighted by atomic mass is 9.71. The van der Waals surface area contributed by atoms with Gasteiger partial charge in [-0.3, -0.25) is 9.59 Å². The van der Waals surface area contributed by atoms with Crippen molar-refractivity contribution in [3.8, 4) is 0 Å². The highest BCUT2D eigenvalue weighted by atomic mass is 16.6. The fraction of sp³-hybridized carbons (Fsp3) is 0.778. The van der Waals surface area contributed by atoms with Crippen molar-refractivity contribution >= 4 is 23.7 Å². The number of ether oxygens (including phenoxy) is 1. The molecule has 0 aliphatic heterocycles. The van der Waals surface area contributed by atoms with Crippen LogP contribution in [-0.2, 0) is 23.9 Å². The molecule has 0 aromatic heterocycles. The summed E-state index contributed by atoms with van der Waals surface area (Å²) in [4.78, 5) is 47.3. The number of carboxylic acids is 1. The second kappa shape index (κ2) is 9.91. The molecule has 0 aromatic carbocycles. The fourth-order valence-corrected chi connectivity index (χ4v) is 2.62. The molecule has 5 N–H and O–H groups in total. The van der Waals surface area contributed by atoms with Gasteiger partial charge in [-0.25, -0.2) is 9.59 Å². The van der Waals surface area contributed by atoms with Gasteiger partial charge in [-0.2, -0.15) is 0 Å². The molecule has 0 fully saturated rings. The van der Waals surface area contributed by atoms with Gasteiger partial charge in [0.05, 0.1) is 5.41 Å². The van der Waals surface area contributed by atoms with Crippen LogP contribution in [0.1, 0.15) is 60.3 Å². The van der Waals surface area contributed by atoms with Crippen LogP contribution in [0.5, 0.6) is 0 Å². The summed E-state index contributed by atoms with van der Waals surface area (Å²) >= 11 is 0. The molecule has 0 aromatic rings. The highest BCUT2D eigenvalue weighted by molar-refractivity contribution is 6.37. The Labute approximate surface area is 158 Å². The molecule has 156 valence electrons. The van der Waals surface area contributed by atoms with Crippen LogP contribution < -0.4 is 5.73 Å². The number of ketones is 1. The van der Waals surface area contributed by atoms with Gasteiger partial charge in [0.2, 0.25) is 0 Å². The Morgan fingerprint density at radius 2 is 1.63 bits per heavy atom. The van der Waals surface area contributed by atoms with Crippen LogP contribution in [0.15, 0.2) is 0 Å². The third-order valence-corrected chi connectivity index (χ3v) is 5.16. The molecule has 4 atom stereocenters. The highest BCUT2D eigenvalue weighted by Gasteiger charge is 2.53. The number of esters is 2. The molecule has 0 spiro atoms. The summed E-state index contributed by atoms with van der Waals surface area (Å²) in [5.74, 6) is -8.64. The first-order chi connectivity index (χ1) is 12.2. The van der Waals surface area contributed by atoms with Crippen molar-refractivity contribution in [2.24, 2.45) is 23.0 Å². The Bertz CT molecular complexity index is 574. The quantitative estimate of drug-likeness (QED) is 0.171. The first-order valence-electron chi connectivity index (χ1n) is 8.96. The topological polar surface area (TPSA) is 164 Å². The van der Waals surface area contributed by atoms with Gasteiger partial charge < -0.3 is 25.8 Å². The highest BCUT2D eigenvalue weighted by Crippen LogP contribution is 2.39. The summed E-state index contributed by atoms with van der Waals surface area (Å²) < 4.78 is 4.54. The molecule has 0 saturated heterocycles. The van der Waals surface area contributed by atoms with E-state index in [4.69, 9.17) is 10.8 Å². The first kappa shape index (κ1) is 25.2. The zero-order valence-corrected chi connectivity index (χ0v) is 16.5. The minimum absolute atomic E-state index is 0.153. The van der Waals surface area contributed by atoms with Crippen molar-refractivity contribution in [1.82, 2.24) is 0 Å². The summed E-state index contributed by atoms with van der Waals surface area (Å²) in [7, 11) is 0. The minimum Gasteiger partial charge on any atom is -0.481 e. The number of aliphatic hydroxyl groups is 2. The van der Waals surface area contributed by atoms with E-state index in [1.807, 2.05) is 0 Å². The number of Topliss-reactive ketones (excluding diaryl/α,β-unsaturated/α-hetero) is 1. The summed E-state index contributed by atoms with van der Waals surface area (Å²) in [6.45, 7) is 7.57. The lowest BCUT2D eigenvalue weighted by Gasteiger charge is -2.39. The molecule has 9 heteroatoms. The summed E-state index contributed by atoms with van der Waals surface area (Å²) in [6.07, 6.45) is -0.394. The third-order valence-electron chi connectivity index (χ3n) is 5.16. The lowest BCUT2D eigenvalue weighted by Crippen LogP contribution is -2.55. The lowest BCUT2D eigenvalue weighted by molar-refractivity contribution is -0.243. The molecule has 0 saturated carbocycles. The first-order valence-corrected chi connectivity index (χ1v) is 8.96. The Hall–Kier alpha value is -1.84. The number of hydrogen-bond donors (Lipinski definition) is 4. The molecule has 27 heavy (non-hydrogen) atoms. The van der Waals surface area contributed by atoms with Crippen molar-refractivity contribution in [2.75, 3.05) is 0 Å². The number of carboxylic acid groups (broad SMARTS) is 1. The summed E-state index contributed by atoms with van der Waals surface area (Å²) in [5, 5.41) is 29.7. The second-order valence-corrected chi connectivity index (χ2v) is 7.36. The van der Waals surface area contributed by atoms with Crippen LogP contribution >= 0.6 is 0 Å². The molecule has 2 unspecified atom stereocenters. The van der Waals surface area contributed by atoms with Crippen LogP contribution in [0.25, 0.3) is 0 Å². The van der Waals surface area contributed by atoms with Gasteiger partial charge in [-0.15, -0.1) is 0 Å². The SMILES string of the molecule is CC[C@H](C)[C@H](N)C(=O)OC(=O)C(=O)C(C)(CC)C(O)(O)CC(C)CC(=O)O. The van der Waals surface area contributed by atoms with E-state index in [9.17, 15) is 29.4 Å². The van der Waals surface area contributed by atoms with Crippen molar-refractivity contribution < 1.29 is 39.2 Å². The maximum Gasteiger partial charge on any atom is 0.383 e. The van der Waals surface area contributed by atoms with E-state index in [1.165, 1.54) is 13.8 Å². The van der Waals surface area contributed by atoms with Crippen LogP contribution in [0.3, 0.4) is 0 Å². The number of rotatable bonds is 11. The van der Waals surface area contributed by atoms with Gasteiger partial charge in [-0.1, -0.05) is 34.1 Å². The van der Waals surface area contributed by atoms with E-state index in [2.05, 4.69) is 4.74 Å². The van der Waals surface area contributed by atoms with E-state index in [0.29, 0.717) is 6.42 Å². The monoisotopic (exact) mass is 389 g/mol. The fourth-order valence-electron chi connectivity index (χ4n) is 2.62. The van der Waals surface area contributed by atoms with Gasteiger partial charge >= 0.3 is 17.9 Å². The maximum absolute atomic E-state index is 12.5. The molecule has 0 radical (unpaired) electrons. The van der Waals surface area contributed by atoms with Crippen LogP contribution in [-0.4, -0.2) is 50.8 Å². The zero-order chi connectivity index (χ0) is 21.6. The van der Waals surface area contributed by atoms with E-state index in [1.54, 1.807) is 13.8 Å². The Morgan fingerprint density at radius 3 is 2.04 bits per heavy atom. The van der Waals surface area contributed by atoms with Crippen LogP contribution in [0.2, 0.25) is 0 Å². The molecular weight excluding hydrogens is 358 g/mol. The molecular formula is C18H31NO8. The Morgan fingerprint density at radius 1 is 1.11 bits per heavy atom. The Balaban J connectivity index is 5.36. The minimum atomic E-state index is -2.67. The zero-order valence-electron chi connectivity index (χ0n) is 16.5. The molecule has 0 heterocycles. The number of aliphatic carboxylic acids is 1. The number of hydrogen-bond acceptors (Lipinski definition) is 8. The van der Waals surface area contributed by atoms with E-state index in [-0.39, 0.29) is 18.8 Å². The van der Waals surface area contributed by atoms with Gasteiger partial charge in [0.25, 0.3) is 5.78 Å². The number of carbonyl (C=O) groups excluding carboxylic acids is 3. The van der Waals surface area contributed by atoms with Gasteiger partial charge in [0.15, 0.2) is 5.79 Å².